The van der Waals surface area contributed by atoms with E-state index in [0.717, 1.165) is 0 Å². The summed E-state index contributed by atoms with van der Waals surface area (Å²) in [6, 6.07) is -16.0. The Bertz CT molecular complexity index is 4710. The summed E-state index contributed by atoms with van der Waals surface area (Å²) in [5.74, 6) is -22.4. The van der Waals surface area contributed by atoms with Crippen LogP contribution in [0.15, 0.2) is 43.0 Å². The summed E-state index contributed by atoms with van der Waals surface area (Å²) in [7, 11) is 0. The smallest absolute Gasteiger partial charge is 0.328 e. The molecule has 3 rings (SSSR count). The molecule has 782 valence electrons. The molecule has 0 saturated heterocycles. The third kappa shape index (κ3) is 42.9. The van der Waals surface area contributed by atoms with Crippen molar-refractivity contribution in [3.05, 3.63) is 54.2 Å². The van der Waals surface area contributed by atoms with E-state index in [2.05, 4.69) is 105 Å². The maximum Gasteiger partial charge on any atom is 0.328 e. The van der Waals surface area contributed by atoms with Crippen molar-refractivity contribution in [1.29, 1.82) is 5.41 Å². The van der Waals surface area contributed by atoms with Crippen LogP contribution in [0.2, 0.25) is 0 Å². The number of nitrogens with zero attached hydrogens (tertiary/aromatic N) is 1. The number of nitrogens with two attached hydrogens (primary N) is 5. The Balaban J connectivity index is 2.03. The van der Waals surface area contributed by atoms with E-state index in [9.17, 15) is 111 Å². The Morgan fingerprint density at radius 1 is 0.443 bits per heavy atom. The van der Waals surface area contributed by atoms with Gasteiger partial charge in [-0.3, -0.25) is 96.5 Å². The van der Waals surface area contributed by atoms with Crippen LogP contribution in [-0.2, 0) is 109 Å². The number of para-hydroxylation sites is 1. The summed E-state index contributed by atoms with van der Waals surface area (Å²) in [4.78, 5) is 288. The molecule has 0 aliphatic rings. The lowest BCUT2D eigenvalue weighted by Crippen LogP contribution is -2.64. The van der Waals surface area contributed by atoms with Crippen LogP contribution in [0.5, 0.6) is 0 Å². The third-order valence-electron chi connectivity index (χ3n) is 22.8. The summed E-state index contributed by atoms with van der Waals surface area (Å²) in [6.45, 7) is 22.4. The number of nitrogens with one attached hydrogen (secondary N) is 20. The fraction of sp³-hybridized carbons (Fsp3) is 0.648. The number of carbonyl (C=O) groups is 20. The van der Waals surface area contributed by atoms with Gasteiger partial charge in [0.15, 0.2) is 5.96 Å². The van der Waals surface area contributed by atoms with Gasteiger partial charge in [0.05, 0.1) is 18.5 Å². The minimum Gasteiger partial charge on any atom is -0.481 e. The molecule has 2 heterocycles. The number of fused-ring (bicyclic) bond motifs is 1. The van der Waals surface area contributed by atoms with Gasteiger partial charge in [-0.05, 0) is 160 Å². The van der Waals surface area contributed by atoms with E-state index in [-0.39, 0.29) is 108 Å². The summed E-state index contributed by atoms with van der Waals surface area (Å²) < 4.78 is 0. The lowest BCUT2D eigenvalue weighted by atomic mass is 9.96. The maximum absolute atomic E-state index is 15.0. The number of carboxylic acid groups (broad SMARTS) is 2. The fourth-order valence-corrected chi connectivity index (χ4v) is 14.3. The van der Waals surface area contributed by atoms with E-state index < -0.39 is 283 Å². The average molecular weight is 1980 g/mol. The molecule has 2 aromatic heterocycles. The molecule has 1 aromatic carbocycles. The number of imidazole rings is 1. The van der Waals surface area contributed by atoms with Gasteiger partial charge in [0.25, 0.3) is 0 Å². The Morgan fingerprint density at radius 2 is 0.857 bits per heavy atom. The highest BCUT2D eigenvalue weighted by Gasteiger charge is 2.42. The molecule has 18 amide bonds. The summed E-state index contributed by atoms with van der Waals surface area (Å²) >= 11 is 0. The molecule has 140 heavy (non-hydrogen) atoms. The Hall–Kier alpha value is -13.5. The zero-order valence-corrected chi connectivity index (χ0v) is 82.6. The number of aromatic nitrogens is 3. The quantitative estimate of drug-likeness (QED) is 0.0145. The molecule has 0 bridgehead atoms. The van der Waals surface area contributed by atoms with Crippen molar-refractivity contribution < 1.29 is 111 Å². The molecule has 3 aromatic rings. The van der Waals surface area contributed by atoms with E-state index >= 15 is 0 Å². The molecule has 16 atom stereocenters. The van der Waals surface area contributed by atoms with Gasteiger partial charge >= 0.3 is 11.9 Å². The molecule has 33 N–H and O–H groups in total. The van der Waals surface area contributed by atoms with Crippen molar-refractivity contribution in [1.82, 2.24) is 105 Å². The minimum atomic E-state index is -1.84. The topological polar surface area (TPSA) is 805 Å². The molecular weight excluding hydrogens is 1830 g/mol. The largest absolute Gasteiger partial charge is 0.481 e. The van der Waals surface area contributed by atoms with Crippen LogP contribution in [-0.4, -0.2) is 276 Å². The second kappa shape index (κ2) is 59.7. The van der Waals surface area contributed by atoms with E-state index in [1.54, 1.807) is 92.8 Å². The van der Waals surface area contributed by atoms with Crippen molar-refractivity contribution in [2.24, 2.45) is 52.3 Å². The molecule has 0 fully saturated rings. The maximum atomic E-state index is 15.0. The number of rotatable bonds is 66. The predicted molar refractivity (Wildman–Crippen MR) is 513 cm³/mol. The zero-order chi connectivity index (χ0) is 106. The van der Waals surface area contributed by atoms with Gasteiger partial charge in [-0.2, -0.15) is 0 Å². The molecule has 0 radical (unpaired) electrons. The first-order valence-electron chi connectivity index (χ1n) is 47.2. The number of aromatic amines is 2. The van der Waals surface area contributed by atoms with Crippen molar-refractivity contribution >= 4 is 135 Å². The average Bonchev–Trinajstić information content (AvgIpc) is 1.37. The third-order valence-corrected chi connectivity index (χ3v) is 22.8. The number of aliphatic hydroxyl groups excluding tert-OH is 1. The van der Waals surface area contributed by atoms with Gasteiger partial charge < -0.3 is 144 Å². The van der Waals surface area contributed by atoms with Crippen LogP contribution in [0.1, 0.15) is 231 Å². The van der Waals surface area contributed by atoms with Gasteiger partial charge in [-0.25, -0.2) is 9.78 Å². The Morgan fingerprint density at radius 3 is 1.30 bits per heavy atom. The monoisotopic (exact) mass is 1980 g/mol. The van der Waals surface area contributed by atoms with E-state index in [0.29, 0.717) is 29.3 Å². The first kappa shape index (κ1) is 121. The van der Waals surface area contributed by atoms with Gasteiger partial charge in [0.1, 0.15) is 96.2 Å². The van der Waals surface area contributed by atoms with Gasteiger partial charge in [-0.15, -0.1) is 0 Å². The van der Waals surface area contributed by atoms with Crippen molar-refractivity contribution in [2.75, 3.05) is 19.7 Å². The van der Waals surface area contributed by atoms with Gasteiger partial charge in [0.2, 0.25) is 106 Å². The zero-order valence-electron chi connectivity index (χ0n) is 82.6. The number of aliphatic hydroxyl groups is 1. The van der Waals surface area contributed by atoms with Crippen LogP contribution >= 0.6 is 0 Å². The van der Waals surface area contributed by atoms with Crippen molar-refractivity contribution in [2.45, 2.75) is 334 Å². The van der Waals surface area contributed by atoms with Crippen LogP contribution in [0.4, 0.5) is 0 Å². The molecule has 0 spiro atoms. The lowest BCUT2D eigenvalue weighted by Gasteiger charge is -2.32. The van der Waals surface area contributed by atoms with Crippen LogP contribution < -0.4 is 119 Å². The molecule has 49 nitrogen and oxygen atoms in total. The van der Waals surface area contributed by atoms with Gasteiger partial charge in [0, 0.05) is 67.6 Å². The number of hydrogen-bond acceptors (Lipinski definition) is 25. The number of hydrogen-bond donors (Lipinski definition) is 28. The highest BCUT2D eigenvalue weighted by molar-refractivity contribution is 6.02. The highest BCUT2D eigenvalue weighted by atomic mass is 16.4. The van der Waals surface area contributed by atoms with Crippen molar-refractivity contribution in [3.63, 3.8) is 0 Å². The standard InChI is InChI=1S/C91H150N26O23/c1-16-18-26-56(106-81(132)63(39-47(5)6)109-78(129)60(31-34-68(94)120)108-84(135)71(49(9)17-2)115-79(130)61(32-35-69(121)122)114-88(140)91(14,15)117-85(136)70(48(7)8)116-87(139)90(12,13)97)75(126)112-65(41-53-43-98-45-101-53)83(134)107-59(30-33-67(93)119)77(128)105-57(29-22-24-37-99-89(95)96)74(125)102-50(10)72(123)104-58(28-21-23-36-92)76(127)111-64(40-52-42-100-55-27-20-19-25-54(52)55)82(133)110-62(38-46(3)4)80(131)103-51(11)73(124)113-66(44-118)86(137)138/h19-20,25,27,42-43,45-51,56-66,70-71,100,118H,16-18,21-24,26,28-41,44,92,97H2,1-15H3,(H2,93,119)(H2,94,120)(H,98,101)(H,102,125)(H,103,131)(H,104,123)(H,105,128)(H,106,132)(H,107,134)(H,108,135)(H,109,129)(H,110,133)(H,111,127)(H,112,126)(H,113,124)(H,114,140)(H,115,130)(H,116,139)(H,117,136)(H,121,122)(H,137,138)(H4,95,96,99)/t49-,50-,51-,56-,57-,58-,59-,60-,61-,62-,63-,64-,65-,66-,70-,71-/m0/s1. The number of amides is 18. The minimum absolute atomic E-state index is 0.00697. The van der Waals surface area contributed by atoms with E-state index in [1.165, 1.54) is 54.1 Å². The molecule has 0 aliphatic carbocycles. The lowest BCUT2D eigenvalue weighted by molar-refractivity contribution is -0.143. The van der Waals surface area contributed by atoms with Crippen LogP contribution in [0.25, 0.3) is 10.9 Å². The molecule has 49 heteroatoms. The molecule has 0 aliphatic heterocycles. The number of benzene rings is 1. The summed E-state index contributed by atoms with van der Waals surface area (Å²) in [5.41, 5.74) is 26.8. The summed E-state index contributed by atoms with van der Waals surface area (Å²) in [6.07, 6.45) is 1.60. The number of aliphatic carboxylic acids is 2. The molecule has 0 unspecified atom stereocenters. The predicted octanol–water partition coefficient (Wildman–Crippen LogP) is -4.14. The number of H-pyrrole nitrogens is 2. The number of primary amides is 2. The van der Waals surface area contributed by atoms with Gasteiger partial charge in [-0.1, -0.05) is 99.8 Å². The number of unbranched alkanes of at least 4 members (excludes halogenated alkanes) is 3. The van der Waals surface area contributed by atoms with Crippen LogP contribution in [0.3, 0.4) is 0 Å². The molecular formula is C91H150N26O23. The Kier molecular flexibility index (Phi) is 51.5. The van der Waals surface area contributed by atoms with Crippen molar-refractivity contribution in [3.8, 4) is 0 Å². The highest BCUT2D eigenvalue weighted by Crippen LogP contribution is 2.22. The molecule has 0 saturated carbocycles. The second-order valence-electron chi connectivity index (χ2n) is 37.3. The van der Waals surface area contributed by atoms with Crippen LogP contribution in [0, 0.1) is 29.1 Å². The Labute approximate surface area is 813 Å². The number of carboxylic acids is 2. The first-order valence-corrected chi connectivity index (χ1v) is 47.2. The second-order valence-corrected chi connectivity index (χ2v) is 37.3. The van der Waals surface area contributed by atoms with E-state index in [1.807, 2.05) is 0 Å². The number of guanidine groups is 1. The normalized spacial score (nSPS) is 14.9. The fourth-order valence-electron chi connectivity index (χ4n) is 14.3. The van der Waals surface area contributed by atoms with E-state index in [4.69, 9.17) is 34.1 Å². The SMILES string of the molecule is CCCC[C@H](NC(=O)[C@H](CC(C)C)NC(=O)[C@H](CCC(N)=O)NC(=O)[C@@H](NC(=O)[C@H](CCC(=O)O)NC(=O)C(C)(C)NC(=O)[C@@H](NC(=O)C(C)(C)N)C(C)C)[C@@H](C)CC)C(=O)N[C@@H](Cc1cnc[nH]1)C(=O)N[C@@H](CCC(N)=O)C(=O)N[C@@H](CCCCNC(=N)N)C(=O)N[C@@H](C)C(=O)N[C@@H](CCCCN)C(=O)N[C@@H](Cc1c[nH]c2ccccc12)C(=O)N[C@@H](CC(C)C)C(=O)N[C@@H](C)C(=O)N[C@@H](CO)C(=O)O. The first-order chi connectivity index (χ1) is 65.6. The summed E-state index contributed by atoms with van der Waals surface area (Å²) in [5, 5.41) is 80.7. The number of carbonyl (C=O) groups excluding carboxylic acids is 18.